The highest BCUT2D eigenvalue weighted by Gasteiger charge is 2.23. The van der Waals surface area contributed by atoms with Crippen molar-refractivity contribution in [3.05, 3.63) is 29.8 Å². The van der Waals surface area contributed by atoms with Crippen LogP contribution in [0.3, 0.4) is 0 Å². The molecule has 1 fully saturated rings. The molecule has 1 heterocycles. The van der Waals surface area contributed by atoms with Gasteiger partial charge in [-0.3, -0.25) is 10.1 Å². The van der Waals surface area contributed by atoms with Crippen molar-refractivity contribution < 1.29 is 14.6 Å². The molecule has 1 aliphatic rings. The van der Waals surface area contributed by atoms with Crippen molar-refractivity contribution in [2.75, 3.05) is 25.3 Å². The molecule has 6 heteroatoms. The fraction of sp³-hybridized carbons (Fsp3) is 0.462. The van der Waals surface area contributed by atoms with E-state index in [-0.39, 0.29) is 18.5 Å². The van der Waals surface area contributed by atoms with Crippen LogP contribution in [0.5, 0.6) is 5.75 Å². The van der Waals surface area contributed by atoms with E-state index in [4.69, 9.17) is 4.74 Å². The monoisotopic (exact) mass is 282 g/mol. The summed E-state index contributed by atoms with van der Waals surface area (Å²) in [6, 6.07) is 7.09. The maximum absolute atomic E-state index is 11.8. The molecule has 19 heavy (non-hydrogen) atoms. The maximum atomic E-state index is 11.8. The predicted molar refractivity (Wildman–Crippen MR) is 75.2 cm³/mol. The summed E-state index contributed by atoms with van der Waals surface area (Å²) in [5, 5.41) is 15.9. The van der Waals surface area contributed by atoms with Gasteiger partial charge in [-0.15, -0.1) is 11.8 Å². The van der Waals surface area contributed by atoms with Gasteiger partial charge in [0.1, 0.15) is 5.75 Å². The first-order chi connectivity index (χ1) is 9.22. The van der Waals surface area contributed by atoms with Gasteiger partial charge >= 0.3 is 0 Å². The van der Waals surface area contributed by atoms with E-state index in [1.807, 2.05) is 12.1 Å². The fourth-order valence-electron chi connectivity index (χ4n) is 1.94. The first-order valence-corrected chi connectivity index (χ1v) is 7.27. The summed E-state index contributed by atoms with van der Waals surface area (Å²) < 4.78 is 5.18. The Morgan fingerprint density at radius 3 is 3.11 bits per heavy atom. The quantitative estimate of drug-likeness (QED) is 0.734. The predicted octanol–water partition coefficient (Wildman–Crippen LogP) is 0.507. The van der Waals surface area contributed by atoms with E-state index in [1.165, 1.54) is 0 Å². The molecule has 0 unspecified atom stereocenters. The SMILES string of the molecule is COc1ccccc1[C@H](O)CNC(=O)[C@H]1CSCN1. The molecule has 1 saturated heterocycles. The van der Waals surface area contributed by atoms with E-state index in [2.05, 4.69) is 10.6 Å². The molecule has 104 valence electrons. The molecule has 1 aromatic carbocycles. The van der Waals surface area contributed by atoms with Gasteiger partial charge < -0.3 is 15.2 Å². The minimum absolute atomic E-state index is 0.0704. The summed E-state index contributed by atoms with van der Waals surface area (Å²) in [5.74, 6) is 2.13. The Bertz CT molecular complexity index is 436. The number of amides is 1. The molecule has 2 rings (SSSR count). The van der Waals surface area contributed by atoms with Crippen LogP contribution in [-0.4, -0.2) is 42.3 Å². The number of thioether (sulfide) groups is 1. The lowest BCUT2D eigenvalue weighted by Gasteiger charge is -2.16. The average Bonchev–Trinajstić information content (AvgIpc) is 2.98. The van der Waals surface area contributed by atoms with Gasteiger partial charge in [-0.05, 0) is 6.07 Å². The Labute approximate surface area is 116 Å². The number of hydrogen-bond donors (Lipinski definition) is 3. The molecule has 1 aliphatic heterocycles. The highest BCUT2D eigenvalue weighted by Crippen LogP contribution is 2.24. The lowest BCUT2D eigenvalue weighted by molar-refractivity contribution is -0.122. The van der Waals surface area contributed by atoms with E-state index < -0.39 is 6.10 Å². The highest BCUT2D eigenvalue weighted by atomic mass is 32.2. The Morgan fingerprint density at radius 1 is 1.63 bits per heavy atom. The maximum Gasteiger partial charge on any atom is 0.238 e. The molecule has 3 N–H and O–H groups in total. The normalized spacial score (nSPS) is 20.0. The first kappa shape index (κ1) is 14.2. The van der Waals surface area contributed by atoms with Gasteiger partial charge in [0.2, 0.25) is 5.91 Å². The van der Waals surface area contributed by atoms with E-state index in [1.54, 1.807) is 31.0 Å². The molecule has 1 amide bonds. The standard InChI is InChI=1S/C13H18N2O3S/c1-18-12-5-3-2-4-9(12)11(16)6-14-13(17)10-7-19-8-15-10/h2-5,10-11,15-16H,6-8H2,1H3,(H,14,17)/t10-,11-/m1/s1. The van der Waals surface area contributed by atoms with Crippen molar-refractivity contribution in [3.63, 3.8) is 0 Å². The number of benzene rings is 1. The zero-order valence-electron chi connectivity index (χ0n) is 10.8. The van der Waals surface area contributed by atoms with Crippen LogP contribution in [0.25, 0.3) is 0 Å². The summed E-state index contributed by atoms with van der Waals surface area (Å²) in [7, 11) is 1.56. The van der Waals surface area contributed by atoms with Gasteiger partial charge in [-0.2, -0.15) is 0 Å². The van der Waals surface area contributed by atoms with Gasteiger partial charge in [0.15, 0.2) is 0 Å². The van der Waals surface area contributed by atoms with Crippen LogP contribution in [0.4, 0.5) is 0 Å². The van der Waals surface area contributed by atoms with Gasteiger partial charge in [0.25, 0.3) is 0 Å². The van der Waals surface area contributed by atoms with E-state index in [0.29, 0.717) is 11.3 Å². The van der Waals surface area contributed by atoms with Crippen molar-refractivity contribution in [3.8, 4) is 5.75 Å². The highest BCUT2D eigenvalue weighted by molar-refractivity contribution is 7.99. The molecule has 0 bridgehead atoms. The van der Waals surface area contributed by atoms with Crippen LogP contribution in [0.1, 0.15) is 11.7 Å². The lowest BCUT2D eigenvalue weighted by Crippen LogP contribution is -2.43. The van der Waals surface area contributed by atoms with Crippen molar-refractivity contribution in [1.82, 2.24) is 10.6 Å². The lowest BCUT2D eigenvalue weighted by atomic mass is 10.1. The fourth-order valence-corrected chi connectivity index (χ4v) is 2.88. The third kappa shape index (κ3) is 3.62. The van der Waals surface area contributed by atoms with Crippen LogP contribution in [-0.2, 0) is 4.79 Å². The number of carbonyl (C=O) groups excluding carboxylic acids is 1. The van der Waals surface area contributed by atoms with E-state index in [9.17, 15) is 9.90 Å². The van der Waals surface area contributed by atoms with Crippen LogP contribution in [0, 0.1) is 0 Å². The van der Waals surface area contributed by atoms with Gasteiger partial charge in [-0.25, -0.2) is 0 Å². The molecular weight excluding hydrogens is 264 g/mol. The number of aliphatic hydroxyl groups is 1. The molecule has 2 atom stereocenters. The van der Waals surface area contributed by atoms with Gasteiger partial charge in [-0.1, -0.05) is 18.2 Å². The Balaban J connectivity index is 1.89. The third-order valence-corrected chi connectivity index (χ3v) is 3.94. The number of ether oxygens (including phenoxy) is 1. The molecule has 5 nitrogen and oxygen atoms in total. The minimum Gasteiger partial charge on any atom is -0.496 e. The Kier molecular flexibility index (Phi) is 5.07. The number of rotatable bonds is 5. The molecule has 0 radical (unpaired) electrons. The Hall–Kier alpha value is -1.24. The third-order valence-electron chi connectivity index (χ3n) is 3.00. The second kappa shape index (κ2) is 6.79. The molecule has 0 spiro atoms. The smallest absolute Gasteiger partial charge is 0.238 e. The molecule has 0 aliphatic carbocycles. The van der Waals surface area contributed by atoms with Gasteiger partial charge in [0.05, 0.1) is 19.3 Å². The number of nitrogens with one attached hydrogen (secondary N) is 2. The van der Waals surface area contributed by atoms with Crippen molar-refractivity contribution in [1.29, 1.82) is 0 Å². The van der Waals surface area contributed by atoms with Crippen molar-refractivity contribution in [2.24, 2.45) is 0 Å². The van der Waals surface area contributed by atoms with Gasteiger partial charge in [0, 0.05) is 23.7 Å². The summed E-state index contributed by atoms with van der Waals surface area (Å²) in [6.45, 7) is 0.183. The van der Waals surface area contributed by atoms with Crippen molar-refractivity contribution >= 4 is 17.7 Å². The summed E-state index contributed by atoms with van der Waals surface area (Å²) in [4.78, 5) is 11.8. The summed E-state index contributed by atoms with van der Waals surface area (Å²) in [5.41, 5.74) is 0.680. The van der Waals surface area contributed by atoms with Crippen LogP contribution < -0.4 is 15.4 Å². The van der Waals surface area contributed by atoms with E-state index in [0.717, 1.165) is 11.6 Å². The largest absolute Gasteiger partial charge is 0.496 e. The zero-order valence-corrected chi connectivity index (χ0v) is 11.6. The average molecular weight is 282 g/mol. The summed E-state index contributed by atoms with van der Waals surface area (Å²) in [6.07, 6.45) is -0.769. The van der Waals surface area contributed by atoms with Crippen molar-refractivity contribution in [2.45, 2.75) is 12.1 Å². The van der Waals surface area contributed by atoms with Crippen LogP contribution in [0.15, 0.2) is 24.3 Å². The van der Waals surface area contributed by atoms with Crippen LogP contribution in [0.2, 0.25) is 0 Å². The number of aliphatic hydroxyl groups excluding tert-OH is 1. The number of hydrogen-bond acceptors (Lipinski definition) is 5. The zero-order chi connectivity index (χ0) is 13.7. The minimum atomic E-state index is -0.769. The number of carbonyl (C=O) groups is 1. The number of methoxy groups -OCH3 is 1. The topological polar surface area (TPSA) is 70.6 Å². The first-order valence-electron chi connectivity index (χ1n) is 6.12. The summed E-state index contributed by atoms with van der Waals surface area (Å²) >= 11 is 1.69. The molecular formula is C13H18N2O3S. The second-order valence-corrected chi connectivity index (χ2v) is 5.30. The molecule has 1 aromatic rings. The Morgan fingerprint density at radius 2 is 2.42 bits per heavy atom. The number of para-hydroxylation sites is 1. The van der Waals surface area contributed by atoms with Crippen LogP contribution >= 0.6 is 11.8 Å². The van der Waals surface area contributed by atoms with E-state index >= 15 is 0 Å². The second-order valence-electron chi connectivity index (χ2n) is 4.27. The molecule has 0 saturated carbocycles. The molecule has 0 aromatic heterocycles.